The Morgan fingerprint density at radius 3 is 2.73 bits per heavy atom. The van der Waals surface area contributed by atoms with E-state index in [1.54, 1.807) is 11.3 Å². The molecule has 0 aliphatic heterocycles. The third kappa shape index (κ3) is 3.01. The van der Waals surface area contributed by atoms with E-state index >= 15 is 0 Å². The van der Waals surface area contributed by atoms with Crippen LogP contribution in [0.3, 0.4) is 0 Å². The average Bonchev–Trinajstić information content (AvgIpc) is 3.07. The third-order valence-corrected chi connectivity index (χ3v) is 4.14. The van der Waals surface area contributed by atoms with Crippen LogP contribution in [0.25, 0.3) is 11.4 Å². The summed E-state index contributed by atoms with van der Waals surface area (Å²) in [6.07, 6.45) is 0.556. The second kappa shape index (κ2) is 6.27. The standard InChI is InChI=1S/C16H17N3O2S/c1-4-20-14-8-6-5-7-12(14)16-18-15(21-19-16)9-13-10(2)22-11(3)17-13/h5-8H,4,9H2,1-3H3. The van der Waals surface area contributed by atoms with Crippen LogP contribution in [-0.4, -0.2) is 21.7 Å². The molecule has 0 saturated heterocycles. The Balaban J connectivity index is 1.86. The highest BCUT2D eigenvalue weighted by Gasteiger charge is 2.15. The molecule has 0 unspecified atom stereocenters. The second-order valence-electron chi connectivity index (χ2n) is 4.85. The van der Waals surface area contributed by atoms with Gasteiger partial charge in [0.15, 0.2) is 0 Å². The fourth-order valence-corrected chi connectivity index (χ4v) is 3.08. The summed E-state index contributed by atoms with van der Waals surface area (Å²) >= 11 is 1.68. The van der Waals surface area contributed by atoms with Crippen molar-refractivity contribution >= 4 is 11.3 Å². The molecule has 0 N–H and O–H groups in total. The van der Waals surface area contributed by atoms with Crippen LogP contribution in [0.5, 0.6) is 5.75 Å². The predicted octanol–water partition coefficient (Wildman–Crippen LogP) is 3.80. The van der Waals surface area contributed by atoms with Gasteiger partial charge in [0.05, 0.1) is 29.3 Å². The minimum absolute atomic E-state index is 0.545. The van der Waals surface area contributed by atoms with E-state index in [0.29, 0.717) is 24.7 Å². The van der Waals surface area contributed by atoms with E-state index in [1.807, 2.05) is 38.1 Å². The number of ether oxygens (including phenoxy) is 1. The summed E-state index contributed by atoms with van der Waals surface area (Å²) in [5.41, 5.74) is 1.83. The highest BCUT2D eigenvalue weighted by atomic mass is 32.1. The fraction of sp³-hybridized carbons (Fsp3) is 0.312. The molecule has 0 fully saturated rings. The summed E-state index contributed by atoms with van der Waals surface area (Å²) in [5, 5.41) is 5.12. The predicted molar refractivity (Wildman–Crippen MR) is 85.3 cm³/mol. The first-order valence-corrected chi connectivity index (χ1v) is 7.96. The maximum absolute atomic E-state index is 5.61. The monoisotopic (exact) mass is 315 g/mol. The van der Waals surface area contributed by atoms with E-state index in [1.165, 1.54) is 4.88 Å². The van der Waals surface area contributed by atoms with Gasteiger partial charge in [-0.3, -0.25) is 0 Å². The minimum Gasteiger partial charge on any atom is -0.493 e. The number of aryl methyl sites for hydroxylation is 2. The highest BCUT2D eigenvalue weighted by Crippen LogP contribution is 2.28. The van der Waals surface area contributed by atoms with Crippen molar-refractivity contribution in [2.24, 2.45) is 0 Å². The van der Waals surface area contributed by atoms with Crippen LogP contribution >= 0.6 is 11.3 Å². The van der Waals surface area contributed by atoms with Crippen LogP contribution in [0.4, 0.5) is 0 Å². The van der Waals surface area contributed by atoms with Crippen molar-refractivity contribution in [1.82, 2.24) is 15.1 Å². The Bertz CT molecular complexity index is 779. The smallest absolute Gasteiger partial charge is 0.233 e. The summed E-state index contributed by atoms with van der Waals surface area (Å²) in [4.78, 5) is 10.2. The number of thiazole rings is 1. The Morgan fingerprint density at radius 2 is 2.00 bits per heavy atom. The first-order chi connectivity index (χ1) is 10.7. The van der Waals surface area contributed by atoms with Crippen molar-refractivity contribution in [3.8, 4) is 17.1 Å². The molecular formula is C16H17N3O2S. The molecule has 0 aliphatic carbocycles. The SMILES string of the molecule is CCOc1ccccc1-c1noc(Cc2nc(C)sc2C)n1. The Hall–Kier alpha value is -2.21. The van der Waals surface area contributed by atoms with Crippen LogP contribution in [-0.2, 0) is 6.42 Å². The van der Waals surface area contributed by atoms with Crippen LogP contribution < -0.4 is 4.74 Å². The molecule has 0 bridgehead atoms. The minimum atomic E-state index is 0.545. The molecule has 22 heavy (non-hydrogen) atoms. The molecule has 5 nitrogen and oxygen atoms in total. The molecule has 3 rings (SSSR count). The van der Waals surface area contributed by atoms with E-state index in [-0.39, 0.29) is 0 Å². The maximum atomic E-state index is 5.61. The van der Waals surface area contributed by atoms with Gasteiger partial charge in [0.25, 0.3) is 0 Å². The van der Waals surface area contributed by atoms with Gasteiger partial charge in [-0.25, -0.2) is 4.98 Å². The zero-order chi connectivity index (χ0) is 15.5. The average molecular weight is 315 g/mol. The number of rotatable bonds is 5. The van der Waals surface area contributed by atoms with Crippen molar-refractivity contribution in [2.75, 3.05) is 6.61 Å². The van der Waals surface area contributed by atoms with Gasteiger partial charge in [0.2, 0.25) is 11.7 Å². The largest absolute Gasteiger partial charge is 0.493 e. The van der Waals surface area contributed by atoms with Gasteiger partial charge in [0.1, 0.15) is 5.75 Å². The van der Waals surface area contributed by atoms with E-state index in [4.69, 9.17) is 9.26 Å². The van der Waals surface area contributed by atoms with Crippen molar-refractivity contribution in [1.29, 1.82) is 0 Å². The Morgan fingerprint density at radius 1 is 1.18 bits per heavy atom. The first kappa shape index (κ1) is 14.7. The topological polar surface area (TPSA) is 61.0 Å². The summed E-state index contributed by atoms with van der Waals surface area (Å²) in [5.74, 6) is 1.87. The number of aromatic nitrogens is 3. The van der Waals surface area contributed by atoms with Crippen molar-refractivity contribution < 1.29 is 9.26 Å². The van der Waals surface area contributed by atoms with Gasteiger partial charge in [-0.05, 0) is 32.9 Å². The number of para-hydroxylation sites is 1. The van der Waals surface area contributed by atoms with Crippen molar-refractivity contribution in [3.05, 3.63) is 45.7 Å². The van der Waals surface area contributed by atoms with Gasteiger partial charge < -0.3 is 9.26 Å². The lowest BCUT2D eigenvalue weighted by Gasteiger charge is -2.05. The van der Waals surface area contributed by atoms with Crippen LogP contribution in [0.1, 0.15) is 28.4 Å². The number of hydrogen-bond acceptors (Lipinski definition) is 6. The molecule has 1 aromatic carbocycles. The summed E-state index contributed by atoms with van der Waals surface area (Å²) in [6.45, 7) is 6.60. The zero-order valence-corrected chi connectivity index (χ0v) is 13.6. The molecule has 0 saturated carbocycles. The number of nitrogens with zero attached hydrogens (tertiary/aromatic N) is 3. The normalized spacial score (nSPS) is 10.9. The van der Waals surface area contributed by atoms with Gasteiger partial charge in [0, 0.05) is 4.88 Å². The molecule has 3 aromatic rings. The van der Waals surface area contributed by atoms with E-state index in [2.05, 4.69) is 22.0 Å². The van der Waals surface area contributed by atoms with Gasteiger partial charge in [-0.2, -0.15) is 4.98 Å². The van der Waals surface area contributed by atoms with Crippen LogP contribution in [0.2, 0.25) is 0 Å². The fourth-order valence-electron chi connectivity index (χ4n) is 2.25. The van der Waals surface area contributed by atoms with Gasteiger partial charge in [-0.1, -0.05) is 17.3 Å². The summed E-state index contributed by atoms with van der Waals surface area (Å²) < 4.78 is 11.0. The molecule has 0 radical (unpaired) electrons. The van der Waals surface area contributed by atoms with Crippen molar-refractivity contribution in [3.63, 3.8) is 0 Å². The second-order valence-corrected chi connectivity index (χ2v) is 6.26. The molecule has 6 heteroatoms. The Labute approximate surface area is 133 Å². The Kier molecular flexibility index (Phi) is 4.20. The molecule has 2 aromatic heterocycles. The molecule has 0 atom stereocenters. The first-order valence-electron chi connectivity index (χ1n) is 7.15. The van der Waals surface area contributed by atoms with Crippen LogP contribution in [0, 0.1) is 13.8 Å². The lowest BCUT2D eigenvalue weighted by Crippen LogP contribution is -1.95. The van der Waals surface area contributed by atoms with Crippen molar-refractivity contribution in [2.45, 2.75) is 27.2 Å². The van der Waals surface area contributed by atoms with E-state index in [9.17, 15) is 0 Å². The lowest BCUT2D eigenvalue weighted by molar-refractivity contribution is 0.341. The molecule has 114 valence electrons. The lowest BCUT2D eigenvalue weighted by atomic mass is 10.2. The number of hydrogen-bond donors (Lipinski definition) is 0. The molecular weight excluding hydrogens is 298 g/mol. The maximum Gasteiger partial charge on any atom is 0.233 e. The quantitative estimate of drug-likeness (QED) is 0.716. The van der Waals surface area contributed by atoms with E-state index in [0.717, 1.165) is 22.0 Å². The molecule has 0 aliphatic rings. The highest BCUT2D eigenvalue weighted by molar-refractivity contribution is 7.11. The third-order valence-electron chi connectivity index (χ3n) is 3.21. The summed E-state index contributed by atoms with van der Waals surface area (Å²) in [7, 11) is 0. The number of benzene rings is 1. The van der Waals surface area contributed by atoms with Gasteiger partial charge in [-0.15, -0.1) is 11.3 Å². The van der Waals surface area contributed by atoms with Crippen LogP contribution in [0.15, 0.2) is 28.8 Å². The van der Waals surface area contributed by atoms with Gasteiger partial charge >= 0.3 is 0 Å². The molecule has 0 spiro atoms. The van der Waals surface area contributed by atoms with E-state index < -0.39 is 0 Å². The zero-order valence-electron chi connectivity index (χ0n) is 12.8. The molecule has 2 heterocycles. The summed E-state index contributed by atoms with van der Waals surface area (Å²) in [6, 6.07) is 7.69. The molecule has 0 amide bonds.